The van der Waals surface area contributed by atoms with E-state index in [1.165, 1.54) is 14.1 Å². The Kier molecular flexibility index (Phi) is 5.97. The van der Waals surface area contributed by atoms with Crippen LogP contribution in [0.3, 0.4) is 0 Å². The number of hydrogen-bond donors (Lipinski definition) is 3. The predicted octanol–water partition coefficient (Wildman–Crippen LogP) is -0.398. The van der Waals surface area contributed by atoms with Crippen LogP contribution in [0.4, 0.5) is 0 Å². The van der Waals surface area contributed by atoms with E-state index in [-0.39, 0.29) is 28.9 Å². The van der Waals surface area contributed by atoms with E-state index in [4.69, 9.17) is 16.4 Å². The highest BCUT2D eigenvalue weighted by atomic mass is 16.5. The standard InChI is InChI=1S/C15H25N7O3/c1-4-25-12-10(9-7-5-6-8-9)14(24)22(3)20-11(12)13(23)18-15(19-16)21(2)17/h9H,4-8,16-17H2,1-3H3,(H,18,19,23). The summed E-state index contributed by atoms with van der Waals surface area (Å²) in [6, 6.07) is 0. The van der Waals surface area contributed by atoms with E-state index in [0.29, 0.717) is 12.2 Å². The van der Waals surface area contributed by atoms with E-state index < -0.39 is 5.91 Å². The second-order valence-corrected chi connectivity index (χ2v) is 5.95. The maximum atomic E-state index is 12.7. The summed E-state index contributed by atoms with van der Waals surface area (Å²) in [6.07, 6.45) is 3.87. The molecule has 0 aromatic carbocycles. The van der Waals surface area contributed by atoms with Crippen LogP contribution in [0.25, 0.3) is 0 Å². The quantitative estimate of drug-likeness (QED) is 0.290. The second kappa shape index (κ2) is 7.97. The van der Waals surface area contributed by atoms with E-state index >= 15 is 0 Å². The van der Waals surface area contributed by atoms with Gasteiger partial charge in [0.2, 0.25) is 5.96 Å². The minimum atomic E-state index is -0.597. The highest BCUT2D eigenvalue weighted by Gasteiger charge is 2.30. The Hall–Kier alpha value is -2.62. The molecular weight excluding hydrogens is 326 g/mol. The molecule has 1 amide bonds. The Balaban J connectivity index is 2.53. The zero-order valence-electron chi connectivity index (χ0n) is 14.8. The minimum Gasteiger partial charge on any atom is -0.491 e. The Morgan fingerprint density at radius 3 is 2.64 bits per heavy atom. The van der Waals surface area contributed by atoms with Crippen molar-refractivity contribution in [2.75, 3.05) is 13.7 Å². The van der Waals surface area contributed by atoms with Gasteiger partial charge in [0.05, 0.1) is 12.2 Å². The summed E-state index contributed by atoms with van der Waals surface area (Å²) in [4.78, 5) is 25.3. The maximum Gasteiger partial charge on any atom is 0.282 e. The average molecular weight is 351 g/mol. The van der Waals surface area contributed by atoms with Gasteiger partial charge in [0.25, 0.3) is 11.5 Å². The van der Waals surface area contributed by atoms with E-state index in [2.05, 4.69) is 15.5 Å². The molecule has 0 bridgehead atoms. The molecule has 0 unspecified atom stereocenters. The van der Waals surface area contributed by atoms with Crippen LogP contribution < -0.4 is 27.3 Å². The summed E-state index contributed by atoms with van der Waals surface area (Å²) < 4.78 is 6.82. The molecule has 10 nitrogen and oxygen atoms in total. The van der Waals surface area contributed by atoms with Gasteiger partial charge in [0.1, 0.15) is 0 Å². The number of nitrogens with two attached hydrogens (primary N) is 2. The van der Waals surface area contributed by atoms with Crippen molar-refractivity contribution in [3.8, 4) is 5.75 Å². The van der Waals surface area contributed by atoms with Crippen molar-refractivity contribution in [2.24, 2.45) is 23.8 Å². The van der Waals surface area contributed by atoms with Crippen molar-refractivity contribution in [2.45, 2.75) is 38.5 Å². The highest BCUT2D eigenvalue weighted by Crippen LogP contribution is 2.37. The molecule has 1 aromatic heterocycles. The molecular formula is C15H25N7O3. The summed E-state index contributed by atoms with van der Waals surface area (Å²) in [6.45, 7) is 2.10. The van der Waals surface area contributed by atoms with Gasteiger partial charge < -0.3 is 10.6 Å². The number of nitrogens with one attached hydrogen (secondary N) is 1. The number of carbonyl (C=O) groups is 1. The van der Waals surface area contributed by atoms with Crippen molar-refractivity contribution in [3.05, 3.63) is 21.6 Å². The first-order valence-corrected chi connectivity index (χ1v) is 8.22. The summed E-state index contributed by atoms with van der Waals surface area (Å²) >= 11 is 0. The second-order valence-electron chi connectivity index (χ2n) is 5.95. The van der Waals surface area contributed by atoms with Gasteiger partial charge in [-0.2, -0.15) is 5.10 Å². The largest absolute Gasteiger partial charge is 0.491 e. The van der Waals surface area contributed by atoms with E-state index in [1.54, 1.807) is 6.92 Å². The molecule has 0 saturated heterocycles. The topological polar surface area (TPSA) is 141 Å². The Labute approximate surface area is 145 Å². The van der Waals surface area contributed by atoms with Crippen LogP contribution in [0.15, 0.2) is 9.90 Å². The van der Waals surface area contributed by atoms with Crippen molar-refractivity contribution >= 4 is 11.9 Å². The van der Waals surface area contributed by atoms with Gasteiger partial charge in [-0.05, 0) is 25.7 Å². The molecule has 1 aromatic rings. The van der Waals surface area contributed by atoms with Crippen molar-refractivity contribution < 1.29 is 9.53 Å². The van der Waals surface area contributed by atoms with E-state index in [0.717, 1.165) is 35.4 Å². The molecule has 1 heterocycles. The first-order chi connectivity index (χ1) is 11.9. The molecule has 2 rings (SSSR count). The first-order valence-electron chi connectivity index (χ1n) is 8.22. The van der Waals surface area contributed by atoms with Gasteiger partial charge in [0.15, 0.2) is 11.4 Å². The van der Waals surface area contributed by atoms with Gasteiger partial charge in [-0.1, -0.05) is 12.8 Å². The lowest BCUT2D eigenvalue weighted by atomic mass is 9.97. The molecule has 0 spiro atoms. The third-order valence-electron chi connectivity index (χ3n) is 4.18. The Bertz CT molecular complexity index is 721. The number of hydrogen-bond acceptors (Lipinski definition) is 7. The van der Waals surface area contributed by atoms with E-state index in [9.17, 15) is 9.59 Å². The predicted molar refractivity (Wildman–Crippen MR) is 92.9 cm³/mol. The molecule has 10 heteroatoms. The number of hydrazone groups is 1. The SMILES string of the molecule is CCOc1c(C(=O)N/C(=N/N)N(C)N)nn(C)c(=O)c1C1CCCC1. The Morgan fingerprint density at radius 2 is 2.12 bits per heavy atom. The first kappa shape index (κ1) is 18.7. The average Bonchev–Trinajstić information content (AvgIpc) is 3.09. The minimum absolute atomic E-state index is 0.00819. The molecule has 138 valence electrons. The monoisotopic (exact) mass is 351 g/mol. The van der Waals surface area contributed by atoms with Crippen LogP contribution in [0.5, 0.6) is 5.75 Å². The number of rotatable bonds is 4. The van der Waals surface area contributed by atoms with Crippen LogP contribution in [0.2, 0.25) is 0 Å². The van der Waals surface area contributed by atoms with Crippen molar-refractivity contribution in [1.29, 1.82) is 0 Å². The third-order valence-corrected chi connectivity index (χ3v) is 4.18. The fourth-order valence-corrected chi connectivity index (χ4v) is 3.03. The fourth-order valence-electron chi connectivity index (χ4n) is 3.03. The number of aromatic nitrogens is 2. The van der Waals surface area contributed by atoms with Gasteiger partial charge in [-0.3, -0.25) is 19.9 Å². The Morgan fingerprint density at radius 1 is 1.48 bits per heavy atom. The number of carbonyl (C=O) groups excluding carboxylic acids is 1. The van der Waals surface area contributed by atoms with Crippen molar-refractivity contribution in [3.63, 3.8) is 0 Å². The molecule has 1 aliphatic carbocycles. The van der Waals surface area contributed by atoms with Gasteiger partial charge in [-0.15, -0.1) is 5.10 Å². The summed E-state index contributed by atoms with van der Waals surface area (Å²) in [5.74, 6) is 10.4. The number of guanidine groups is 1. The van der Waals surface area contributed by atoms with Crippen molar-refractivity contribution in [1.82, 2.24) is 20.1 Å². The zero-order chi connectivity index (χ0) is 18.6. The number of ether oxygens (including phenoxy) is 1. The molecule has 0 atom stereocenters. The molecule has 1 fully saturated rings. The zero-order valence-corrected chi connectivity index (χ0v) is 14.8. The van der Waals surface area contributed by atoms with Crippen LogP contribution in [0, 0.1) is 0 Å². The fraction of sp³-hybridized carbons (Fsp3) is 0.600. The van der Waals surface area contributed by atoms with Crippen LogP contribution in [0.1, 0.15) is 54.6 Å². The molecule has 0 radical (unpaired) electrons. The molecule has 0 aliphatic heterocycles. The lowest BCUT2D eigenvalue weighted by Gasteiger charge is -2.19. The molecule has 1 aliphatic rings. The van der Waals surface area contributed by atoms with Gasteiger partial charge in [0, 0.05) is 14.1 Å². The normalized spacial score (nSPS) is 15.3. The maximum absolute atomic E-state index is 12.7. The lowest BCUT2D eigenvalue weighted by molar-refractivity contribution is 0.0960. The van der Waals surface area contributed by atoms with Gasteiger partial charge >= 0.3 is 0 Å². The van der Waals surface area contributed by atoms with Crippen LogP contribution in [-0.2, 0) is 7.05 Å². The molecule has 25 heavy (non-hydrogen) atoms. The smallest absolute Gasteiger partial charge is 0.282 e. The summed E-state index contributed by atoms with van der Waals surface area (Å²) in [5.41, 5.74) is 0.277. The summed E-state index contributed by atoms with van der Waals surface area (Å²) in [5, 5.41) is 11.0. The number of amides is 1. The highest BCUT2D eigenvalue weighted by molar-refractivity contribution is 6.05. The number of hydrazine groups is 1. The molecule has 1 saturated carbocycles. The molecule has 5 N–H and O–H groups in total. The van der Waals surface area contributed by atoms with Gasteiger partial charge in [-0.25, -0.2) is 10.5 Å². The summed E-state index contributed by atoms with van der Waals surface area (Å²) in [7, 11) is 2.99. The van der Waals surface area contributed by atoms with E-state index in [1.807, 2.05) is 0 Å². The number of nitrogens with zero attached hydrogens (tertiary/aromatic N) is 4. The van der Waals surface area contributed by atoms with Crippen LogP contribution in [-0.4, -0.2) is 40.3 Å². The third kappa shape index (κ3) is 3.90. The lowest BCUT2D eigenvalue weighted by Crippen LogP contribution is -2.47. The number of aryl methyl sites for hydroxylation is 1. The van der Waals surface area contributed by atoms with Crippen LogP contribution >= 0.6 is 0 Å².